The van der Waals surface area contributed by atoms with Gasteiger partial charge in [-0.2, -0.15) is 0 Å². The molecule has 1 aliphatic carbocycles. The van der Waals surface area contributed by atoms with E-state index in [4.69, 9.17) is 4.74 Å². The van der Waals surface area contributed by atoms with Crippen LogP contribution in [0.4, 0.5) is 17.6 Å². The molecule has 2 rings (SSSR count). The minimum absolute atomic E-state index is 0.0313. The molecule has 0 aromatic heterocycles. The van der Waals surface area contributed by atoms with Gasteiger partial charge in [-0.15, -0.1) is 0 Å². The van der Waals surface area contributed by atoms with Crippen LogP contribution in [0, 0.1) is 47.4 Å². The second-order valence-electron chi connectivity index (χ2n) is 7.04. The summed E-state index contributed by atoms with van der Waals surface area (Å²) in [4.78, 5) is 12.2. The second kappa shape index (κ2) is 6.22. The highest BCUT2D eigenvalue weighted by Crippen LogP contribution is 2.59. The zero-order chi connectivity index (χ0) is 18.4. The van der Waals surface area contributed by atoms with E-state index in [1.165, 1.54) is 0 Å². The molecule has 0 amide bonds. The summed E-state index contributed by atoms with van der Waals surface area (Å²) >= 11 is 0. The summed E-state index contributed by atoms with van der Waals surface area (Å²) in [5, 5.41) is 0. The summed E-state index contributed by atoms with van der Waals surface area (Å²) in [5.41, 5.74) is -0.939. The number of rotatable bonds is 4. The van der Waals surface area contributed by atoms with Crippen molar-refractivity contribution in [3.05, 3.63) is 46.0 Å². The minimum atomic E-state index is -1.53. The van der Waals surface area contributed by atoms with Crippen LogP contribution >= 0.6 is 0 Å². The largest absolute Gasteiger partial charge is 0.460 e. The molecule has 0 bridgehead atoms. The van der Waals surface area contributed by atoms with Crippen LogP contribution in [0.1, 0.15) is 38.8 Å². The van der Waals surface area contributed by atoms with Crippen molar-refractivity contribution in [1.82, 2.24) is 0 Å². The Labute approximate surface area is 138 Å². The van der Waals surface area contributed by atoms with Crippen LogP contribution in [-0.2, 0) is 16.1 Å². The Balaban J connectivity index is 2.16. The molecule has 0 spiro atoms. The van der Waals surface area contributed by atoms with Crippen molar-refractivity contribution in [2.24, 2.45) is 17.3 Å². The van der Waals surface area contributed by atoms with Crippen LogP contribution in [0.3, 0.4) is 0 Å². The molecule has 2 nitrogen and oxygen atoms in total. The number of ether oxygens (including phenoxy) is 1. The Morgan fingerprint density at radius 1 is 1.08 bits per heavy atom. The highest BCUT2D eigenvalue weighted by molar-refractivity contribution is 5.78. The average molecular weight is 344 g/mol. The van der Waals surface area contributed by atoms with Gasteiger partial charge in [-0.1, -0.05) is 25.5 Å². The van der Waals surface area contributed by atoms with Gasteiger partial charge in [-0.3, -0.25) is 4.79 Å². The van der Waals surface area contributed by atoms with Crippen molar-refractivity contribution in [3.8, 4) is 0 Å². The van der Waals surface area contributed by atoms with Gasteiger partial charge >= 0.3 is 5.97 Å². The van der Waals surface area contributed by atoms with Crippen LogP contribution in [0.15, 0.2) is 11.6 Å². The molecular formula is C18H20F4O2. The standard InChI is InChI=1S/C18H20F4O2/c1-8(2)6-11-12(18(11,4)5)17(23)24-7-10-15(21)13(19)9(3)14(20)16(10)22/h6,11-12H,7H2,1-5H3/t11?,12-/m0/s1. The molecule has 1 aromatic rings. The lowest BCUT2D eigenvalue weighted by atomic mass is 10.1. The SMILES string of the molecule is CC(C)=CC1[C@@H](C(=O)OCc2c(F)c(F)c(C)c(F)c2F)C1(C)C. The van der Waals surface area contributed by atoms with Gasteiger partial charge in [0.25, 0.3) is 0 Å². The van der Waals surface area contributed by atoms with Crippen molar-refractivity contribution in [2.75, 3.05) is 0 Å². The zero-order valence-corrected chi connectivity index (χ0v) is 14.3. The summed E-state index contributed by atoms with van der Waals surface area (Å²) in [7, 11) is 0. The van der Waals surface area contributed by atoms with Gasteiger partial charge in [0.1, 0.15) is 6.61 Å². The van der Waals surface area contributed by atoms with E-state index in [9.17, 15) is 22.4 Å². The minimum Gasteiger partial charge on any atom is -0.460 e. The third kappa shape index (κ3) is 3.06. The number of hydrogen-bond donors (Lipinski definition) is 0. The first-order valence-corrected chi connectivity index (χ1v) is 7.63. The monoisotopic (exact) mass is 344 g/mol. The lowest BCUT2D eigenvalue weighted by molar-refractivity contribution is -0.147. The van der Waals surface area contributed by atoms with Crippen LogP contribution in [0.25, 0.3) is 0 Å². The topological polar surface area (TPSA) is 26.3 Å². The third-order valence-corrected chi connectivity index (χ3v) is 4.61. The predicted molar refractivity (Wildman–Crippen MR) is 81.0 cm³/mol. The summed E-state index contributed by atoms with van der Waals surface area (Å²) in [5.74, 6) is -7.13. The number of halogens is 4. The second-order valence-corrected chi connectivity index (χ2v) is 7.04. The number of benzene rings is 1. The van der Waals surface area contributed by atoms with E-state index in [1.807, 2.05) is 33.8 Å². The Bertz CT molecular complexity index is 689. The number of hydrogen-bond acceptors (Lipinski definition) is 2. The van der Waals surface area contributed by atoms with Crippen LogP contribution < -0.4 is 0 Å². The Kier molecular flexibility index (Phi) is 4.79. The molecule has 0 heterocycles. The van der Waals surface area contributed by atoms with E-state index in [-0.39, 0.29) is 11.3 Å². The van der Waals surface area contributed by atoms with Gasteiger partial charge in [0.2, 0.25) is 0 Å². The molecule has 24 heavy (non-hydrogen) atoms. The smallest absolute Gasteiger partial charge is 0.310 e. The molecule has 1 unspecified atom stereocenters. The fraction of sp³-hybridized carbons (Fsp3) is 0.500. The molecule has 0 N–H and O–H groups in total. The molecule has 0 radical (unpaired) electrons. The normalized spacial score (nSPS) is 21.4. The Hall–Kier alpha value is -1.85. The maximum Gasteiger partial charge on any atom is 0.310 e. The van der Waals surface area contributed by atoms with Crippen molar-refractivity contribution in [2.45, 2.75) is 41.2 Å². The lowest BCUT2D eigenvalue weighted by Crippen LogP contribution is -2.14. The quantitative estimate of drug-likeness (QED) is 0.338. The maximum absolute atomic E-state index is 13.8. The van der Waals surface area contributed by atoms with E-state index in [0.717, 1.165) is 12.5 Å². The third-order valence-electron chi connectivity index (χ3n) is 4.61. The van der Waals surface area contributed by atoms with Gasteiger partial charge in [0.15, 0.2) is 23.3 Å². The fourth-order valence-electron chi connectivity index (χ4n) is 2.94. The zero-order valence-electron chi connectivity index (χ0n) is 14.3. The van der Waals surface area contributed by atoms with E-state index in [2.05, 4.69) is 0 Å². The molecule has 1 saturated carbocycles. The Morgan fingerprint density at radius 2 is 1.58 bits per heavy atom. The first kappa shape index (κ1) is 18.5. The first-order chi connectivity index (χ1) is 11.0. The van der Waals surface area contributed by atoms with Crippen LogP contribution in [0.2, 0.25) is 0 Å². The molecule has 0 saturated heterocycles. The van der Waals surface area contributed by atoms with E-state index in [1.54, 1.807) is 0 Å². The summed E-state index contributed by atoms with van der Waals surface area (Å²) in [6.45, 7) is 7.66. The molecular weight excluding hydrogens is 324 g/mol. The van der Waals surface area contributed by atoms with Crippen molar-refractivity contribution < 1.29 is 27.1 Å². The number of carbonyl (C=O) groups excluding carboxylic acids is 1. The number of esters is 1. The first-order valence-electron chi connectivity index (χ1n) is 7.63. The maximum atomic E-state index is 13.8. The number of allylic oxidation sites excluding steroid dienone is 2. The highest BCUT2D eigenvalue weighted by Gasteiger charge is 2.61. The van der Waals surface area contributed by atoms with Crippen molar-refractivity contribution in [3.63, 3.8) is 0 Å². The molecule has 132 valence electrons. The van der Waals surface area contributed by atoms with E-state index in [0.29, 0.717) is 0 Å². The van der Waals surface area contributed by atoms with Gasteiger partial charge < -0.3 is 4.74 Å². The van der Waals surface area contributed by atoms with E-state index >= 15 is 0 Å². The molecule has 1 aliphatic rings. The van der Waals surface area contributed by atoms with E-state index < -0.39 is 52.9 Å². The van der Waals surface area contributed by atoms with Crippen molar-refractivity contribution >= 4 is 5.97 Å². The average Bonchev–Trinajstić information content (AvgIpc) is 3.02. The van der Waals surface area contributed by atoms with Crippen LogP contribution in [0.5, 0.6) is 0 Å². The highest BCUT2D eigenvalue weighted by atomic mass is 19.2. The predicted octanol–water partition coefficient (Wildman–Crippen LogP) is 4.83. The van der Waals surface area contributed by atoms with Gasteiger partial charge in [0.05, 0.1) is 11.5 Å². The van der Waals surface area contributed by atoms with Gasteiger partial charge in [-0.25, -0.2) is 17.6 Å². The molecule has 2 atom stereocenters. The lowest BCUT2D eigenvalue weighted by Gasteiger charge is -2.10. The summed E-state index contributed by atoms with van der Waals surface area (Å²) < 4.78 is 59.6. The molecule has 6 heteroatoms. The summed E-state index contributed by atoms with van der Waals surface area (Å²) in [6, 6.07) is 0. The van der Waals surface area contributed by atoms with Gasteiger partial charge in [-0.05, 0) is 32.1 Å². The molecule has 0 aliphatic heterocycles. The Morgan fingerprint density at radius 3 is 2.04 bits per heavy atom. The molecule has 1 fully saturated rings. The van der Waals surface area contributed by atoms with Gasteiger partial charge in [0, 0.05) is 5.56 Å². The molecule has 1 aromatic carbocycles. The fourth-order valence-corrected chi connectivity index (χ4v) is 2.94. The van der Waals surface area contributed by atoms with Crippen molar-refractivity contribution in [1.29, 1.82) is 0 Å². The van der Waals surface area contributed by atoms with Crippen LogP contribution in [-0.4, -0.2) is 5.97 Å². The number of carbonyl (C=O) groups is 1. The summed E-state index contributed by atoms with van der Waals surface area (Å²) in [6.07, 6.45) is 1.94.